The molecule has 14 heavy (non-hydrogen) atoms. The van der Waals surface area contributed by atoms with Gasteiger partial charge in [-0.15, -0.1) is 0 Å². The Morgan fingerprint density at radius 3 is 2.64 bits per heavy atom. The predicted molar refractivity (Wildman–Crippen MR) is 47.9 cm³/mol. The van der Waals surface area contributed by atoms with Crippen molar-refractivity contribution in [3.8, 4) is 0 Å². The number of pyridine rings is 1. The van der Waals surface area contributed by atoms with Crippen LogP contribution in [0.1, 0.15) is 10.5 Å². The molecule has 1 rings (SSSR count). The van der Waals surface area contributed by atoms with E-state index >= 15 is 0 Å². The van der Waals surface area contributed by atoms with Gasteiger partial charge in [0.1, 0.15) is 5.82 Å². The first-order chi connectivity index (χ1) is 6.38. The summed E-state index contributed by atoms with van der Waals surface area (Å²) < 4.78 is 23.0. The number of carboxylic acid groups (broad SMARTS) is 1. The molecule has 0 unspecified atom stereocenters. The standard InChI is InChI=1S/C6H7N3O4S/c7-14(12,13)9-5-3-1-2-4(8-5)6(10)11/h1-3H,(H,8,9)(H,10,11)(H2,7,12,13). The van der Waals surface area contributed by atoms with E-state index in [2.05, 4.69) is 10.1 Å². The smallest absolute Gasteiger partial charge is 0.354 e. The second-order valence-electron chi connectivity index (χ2n) is 2.36. The number of nitrogens with one attached hydrogen (secondary N) is 1. The van der Waals surface area contributed by atoms with Gasteiger partial charge in [-0.2, -0.15) is 8.42 Å². The highest BCUT2D eigenvalue weighted by Crippen LogP contribution is 2.05. The zero-order valence-corrected chi connectivity index (χ0v) is 7.65. The fraction of sp³-hybridized carbons (Fsp3) is 0. The van der Waals surface area contributed by atoms with Gasteiger partial charge < -0.3 is 5.11 Å². The van der Waals surface area contributed by atoms with E-state index < -0.39 is 16.2 Å². The van der Waals surface area contributed by atoms with Gasteiger partial charge in [-0.05, 0) is 12.1 Å². The molecule has 1 aromatic rings. The van der Waals surface area contributed by atoms with E-state index in [0.717, 1.165) is 0 Å². The number of nitrogens with two attached hydrogens (primary N) is 1. The topological polar surface area (TPSA) is 122 Å². The number of nitrogens with zero attached hydrogens (tertiary/aromatic N) is 1. The largest absolute Gasteiger partial charge is 0.477 e. The first-order valence-electron chi connectivity index (χ1n) is 3.39. The van der Waals surface area contributed by atoms with Crippen molar-refractivity contribution >= 4 is 22.0 Å². The maximum absolute atomic E-state index is 10.6. The molecule has 0 amide bonds. The van der Waals surface area contributed by atoms with Crippen molar-refractivity contribution in [3.63, 3.8) is 0 Å². The minimum Gasteiger partial charge on any atom is -0.477 e. The second-order valence-corrected chi connectivity index (χ2v) is 3.65. The fourth-order valence-corrected chi connectivity index (χ4v) is 1.16. The lowest BCUT2D eigenvalue weighted by Gasteiger charge is -2.02. The third kappa shape index (κ3) is 2.99. The van der Waals surface area contributed by atoms with Crippen LogP contribution in [0.2, 0.25) is 0 Å². The highest BCUT2D eigenvalue weighted by Gasteiger charge is 2.07. The van der Waals surface area contributed by atoms with Crippen molar-refractivity contribution in [2.24, 2.45) is 5.14 Å². The number of hydrogen-bond acceptors (Lipinski definition) is 4. The SMILES string of the molecule is NS(=O)(=O)Nc1cccc(C(=O)O)n1. The van der Waals surface area contributed by atoms with Crippen LogP contribution in [0.4, 0.5) is 5.82 Å². The Morgan fingerprint density at radius 1 is 1.50 bits per heavy atom. The molecular weight excluding hydrogens is 210 g/mol. The highest BCUT2D eigenvalue weighted by molar-refractivity contribution is 7.90. The molecule has 0 aliphatic rings. The van der Waals surface area contributed by atoms with Crippen molar-refractivity contribution in [1.29, 1.82) is 0 Å². The quantitative estimate of drug-likeness (QED) is 0.623. The van der Waals surface area contributed by atoms with Crippen LogP contribution in [0.15, 0.2) is 18.2 Å². The van der Waals surface area contributed by atoms with Crippen molar-refractivity contribution in [2.75, 3.05) is 4.72 Å². The van der Waals surface area contributed by atoms with Gasteiger partial charge >= 0.3 is 5.97 Å². The molecule has 0 aromatic carbocycles. The lowest BCUT2D eigenvalue weighted by molar-refractivity contribution is 0.0690. The molecule has 0 saturated carbocycles. The Labute approximate surface area is 79.8 Å². The lowest BCUT2D eigenvalue weighted by Crippen LogP contribution is -2.22. The average Bonchev–Trinajstić information content (AvgIpc) is 2.01. The van der Waals surface area contributed by atoms with Gasteiger partial charge in [-0.1, -0.05) is 6.07 Å². The first kappa shape index (κ1) is 10.4. The van der Waals surface area contributed by atoms with Crippen LogP contribution >= 0.6 is 0 Å². The van der Waals surface area contributed by atoms with Crippen LogP contribution in [0, 0.1) is 0 Å². The number of aromatic nitrogens is 1. The molecule has 76 valence electrons. The second kappa shape index (κ2) is 3.60. The van der Waals surface area contributed by atoms with Crippen molar-refractivity contribution in [2.45, 2.75) is 0 Å². The number of rotatable bonds is 3. The Morgan fingerprint density at radius 2 is 2.14 bits per heavy atom. The summed E-state index contributed by atoms with van der Waals surface area (Å²) in [5, 5.41) is 13.2. The molecule has 7 nitrogen and oxygen atoms in total. The minimum atomic E-state index is -3.93. The normalized spacial score (nSPS) is 10.9. The van der Waals surface area contributed by atoms with Crippen molar-refractivity contribution in [1.82, 2.24) is 4.98 Å². The van der Waals surface area contributed by atoms with Crippen LogP contribution < -0.4 is 9.86 Å². The minimum absolute atomic E-state index is 0.132. The summed E-state index contributed by atoms with van der Waals surface area (Å²) in [5.74, 6) is -1.38. The predicted octanol–water partition coefficient (Wildman–Crippen LogP) is -0.605. The summed E-state index contributed by atoms with van der Waals surface area (Å²) in [7, 11) is -3.93. The van der Waals surface area contributed by atoms with Crippen molar-refractivity contribution in [3.05, 3.63) is 23.9 Å². The van der Waals surface area contributed by atoms with Gasteiger partial charge in [0.05, 0.1) is 0 Å². The zero-order valence-electron chi connectivity index (χ0n) is 6.84. The molecule has 1 aromatic heterocycles. The van der Waals surface area contributed by atoms with Crippen LogP contribution in [-0.4, -0.2) is 24.5 Å². The molecule has 0 fully saturated rings. The summed E-state index contributed by atoms with van der Waals surface area (Å²) in [6.45, 7) is 0. The third-order valence-corrected chi connectivity index (χ3v) is 1.71. The summed E-state index contributed by atoms with van der Waals surface area (Å²) in [4.78, 5) is 13.9. The maximum atomic E-state index is 10.6. The van der Waals surface area contributed by atoms with E-state index in [-0.39, 0.29) is 11.5 Å². The van der Waals surface area contributed by atoms with E-state index in [4.69, 9.17) is 5.11 Å². The molecular formula is C6H7N3O4S. The number of aromatic carboxylic acids is 1. The Balaban J connectivity index is 3.01. The summed E-state index contributed by atoms with van der Waals surface area (Å²) in [6.07, 6.45) is 0. The molecule has 4 N–H and O–H groups in total. The first-order valence-corrected chi connectivity index (χ1v) is 4.94. The van der Waals surface area contributed by atoms with E-state index in [1.807, 2.05) is 4.72 Å². The highest BCUT2D eigenvalue weighted by atomic mass is 32.2. The van der Waals surface area contributed by atoms with E-state index in [1.54, 1.807) is 0 Å². The summed E-state index contributed by atoms with van der Waals surface area (Å²) >= 11 is 0. The molecule has 0 saturated heterocycles. The van der Waals surface area contributed by atoms with Crippen molar-refractivity contribution < 1.29 is 18.3 Å². The van der Waals surface area contributed by atoms with Gasteiger partial charge in [0.2, 0.25) is 0 Å². The Bertz CT molecular complexity index is 456. The lowest BCUT2D eigenvalue weighted by atomic mass is 10.3. The monoisotopic (exact) mass is 217 g/mol. The van der Waals surface area contributed by atoms with Gasteiger partial charge in [0.15, 0.2) is 5.69 Å². The molecule has 0 radical (unpaired) electrons. The molecule has 0 spiro atoms. The molecule has 0 bridgehead atoms. The van der Waals surface area contributed by atoms with Crippen LogP contribution in [-0.2, 0) is 10.2 Å². The molecule has 0 aliphatic carbocycles. The Hall–Kier alpha value is -1.67. The van der Waals surface area contributed by atoms with E-state index in [0.29, 0.717) is 0 Å². The zero-order chi connectivity index (χ0) is 10.8. The molecule has 0 atom stereocenters. The summed E-state index contributed by atoms with van der Waals surface area (Å²) in [6, 6.07) is 3.87. The van der Waals surface area contributed by atoms with Crippen LogP contribution in [0.25, 0.3) is 0 Å². The number of carbonyl (C=O) groups is 1. The number of hydrogen-bond donors (Lipinski definition) is 3. The summed E-state index contributed by atoms with van der Waals surface area (Å²) in [5.41, 5.74) is -0.265. The van der Waals surface area contributed by atoms with Gasteiger partial charge in [0.25, 0.3) is 10.2 Å². The molecule has 1 heterocycles. The molecule has 8 heteroatoms. The number of anilines is 1. The maximum Gasteiger partial charge on any atom is 0.354 e. The van der Waals surface area contributed by atoms with Gasteiger partial charge in [0, 0.05) is 0 Å². The van der Waals surface area contributed by atoms with Crippen LogP contribution in [0.3, 0.4) is 0 Å². The van der Waals surface area contributed by atoms with Gasteiger partial charge in [-0.25, -0.2) is 14.9 Å². The molecule has 0 aliphatic heterocycles. The fourth-order valence-electron chi connectivity index (χ4n) is 0.756. The number of carboxylic acids is 1. The van der Waals surface area contributed by atoms with Crippen LogP contribution in [0.5, 0.6) is 0 Å². The van der Waals surface area contributed by atoms with Gasteiger partial charge in [-0.3, -0.25) is 4.72 Å². The third-order valence-electron chi connectivity index (χ3n) is 1.22. The average molecular weight is 217 g/mol. The Kier molecular flexibility index (Phi) is 2.68. The van der Waals surface area contributed by atoms with E-state index in [1.165, 1.54) is 18.2 Å². The van der Waals surface area contributed by atoms with E-state index in [9.17, 15) is 13.2 Å².